The van der Waals surface area contributed by atoms with Crippen molar-refractivity contribution in [3.8, 4) is 17.6 Å². The van der Waals surface area contributed by atoms with Crippen molar-refractivity contribution in [3.63, 3.8) is 0 Å². The summed E-state index contributed by atoms with van der Waals surface area (Å²) < 4.78 is 11.1. The Balaban J connectivity index is 1.93. The van der Waals surface area contributed by atoms with E-state index in [1.807, 2.05) is 26.0 Å². The predicted molar refractivity (Wildman–Crippen MR) is 108 cm³/mol. The quantitative estimate of drug-likeness (QED) is 0.859. The maximum Gasteiger partial charge on any atom is 0.259 e. The summed E-state index contributed by atoms with van der Waals surface area (Å²) in [5.41, 5.74) is 3.79. The number of carbonyl (C=O) groups excluding carboxylic acids is 1. The summed E-state index contributed by atoms with van der Waals surface area (Å²) in [5, 5.41) is 12.5. The Morgan fingerprint density at radius 3 is 2.75 bits per heavy atom. The van der Waals surface area contributed by atoms with E-state index in [2.05, 4.69) is 29.4 Å². The van der Waals surface area contributed by atoms with Gasteiger partial charge in [0, 0.05) is 24.8 Å². The van der Waals surface area contributed by atoms with Crippen LogP contribution in [0.15, 0.2) is 30.3 Å². The lowest BCUT2D eigenvalue weighted by Gasteiger charge is -2.27. The van der Waals surface area contributed by atoms with Gasteiger partial charge in [-0.15, -0.1) is 0 Å². The van der Waals surface area contributed by atoms with E-state index in [0.717, 1.165) is 30.8 Å². The fourth-order valence-corrected chi connectivity index (χ4v) is 3.40. The van der Waals surface area contributed by atoms with Crippen LogP contribution in [0, 0.1) is 11.3 Å². The number of hydrogen-bond acceptors (Lipinski definition) is 5. The molecule has 0 fully saturated rings. The number of ether oxygens (including phenoxy) is 2. The van der Waals surface area contributed by atoms with Crippen molar-refractivity contribution < 1.29 is 14.3 Å². The predicted octanol–water partition coefficient (Wildman–Crippen LogP) is 3.59. The molecule has 0 spiro atoms. The van der Waals surface area contributed by atoms with E-state index < -0.39 is 0 Å². The summed E-state index contributed by atoms with van der Waals surface area (Å²) in [6.45, 7) is 5.57. The van der Waals surface area contributed by atoms with Gasteiger partial charge in [-0.25, -0.2) is 0 Å². The van der Waals surface area contributed by atoms with Crippen molar-refractivity contribution >= 4 is 11.6 Å². The van der Waals surface area contributed by atoms with Crippen molar-refractivity contribution in [2.45, 2.75) is 32.9 Å². The van der Waals surface area contributed by atoms with E-state index in [-0.39, 0.29) is 12.0 Å². The molecule has 3 rings (SSSR count). The van der Waals surface area contributed by atoms with Crippen molar-refractivity contribution in [3.05, 3.63) is 52.6 Å². The molecule has 1 aliphatic rings. The zero-order chi connectivity index (χ0) is 20.3. The third-order valence-corrected chi connectivity index (χ3v) is 4.73. The lowest BCUT2D eigenvalue weighted by atomic mass is 9.98. The molecule has 6 heteroatoms. The van der Waals surface area contributed by atoms with E-state index in [9.17, 15) is 10.1 Å². The highest BCUT2D eigenvalue weighted by Gasteiger charge is 2.21. The Hall–Kier alpha value is -3.04. The fraction of sp³-hybridized carbons (Fsp3) is 0.364. The zero-order valence-electron chi connectivity index (χ0n) is 16.7. The van der Waals surface area contributed by atoms with Gasteiger partial charge in [0.1, 0.15) is 17.6 Å². The van der Waals surface area contributed by atoms with E-state index in [0.29, 0.717) is 22.6 Å². The van der Waals surface area contributed by atoms with Gasteiger partial charge < -0.3 is 19.7 Å². The Morgan fingerprint density at radius 2 is 2.07 bits per heavy atom. The Labute approximate surface area is 165 Å². The van der Waals surface area contributed by atoms with E-state index in [4.69, 9.17) is 9.47 Å². The second-order valence-electron chi connectivity index (χ2n) is 7.21. The van der Waals surface area contributed by atoms with E-state index in [1.165, 1.54) is 18.7 Å². The first-order chi connectivity index (χ1) is 13.4. The minimum atomic E-state index is -0.309. The lowest BCUT2D eigenvalue weighted by molar-refractivity contribution is 0.102. The molecular weight excluding hydrogens is 354 g/mol. The number of hydrogen-bond donors (Lipinski definition) is 1. The Bertz CT molecular complexity index is 931. The largest absolute Gasteiger partial charge is 0.496 e. The van der Waals surface area contributed by atoms with Crippen LogP contribution in [0.25, 0.3) is 0 Å². The van der Waals surface area contributed by atoms with E-state index >= 15 is 0 Å². The molecule has 146 valence electrons. The van der Waals surface area contributed by atoms with Crippen molar-refractivity contribution in [2.24, 2.45) is 0 Å². The molecule has 0 radical (unpaired) electrons. The molecule has 0 atom stereocenters. The molecule has 28 heavy (non-hydrogen) atoms. The van der Waals surface area contributed by atoms with E-state index in [1.54, 1.807) is 6.07 Å². The molecule has 2 aromatic rings. The average Bonchev–Trinajstić information content (AvgIpc) is 2.67. The summed E-state index contributed by atoms with van der Waals surface area (Å²) in [6.07, 6.45) is 0.787. The van der Waals surface area contributed by atoms with Crippen molar-refractivity contribution in [1.29, 1.82) is 5.26 Å². The summed E-state index contributed by atoms with van der Waals surface area (Å²) in [4.78, 5) is 15.2. The van der Waals surface area contributed by atoms with Gasteiger partial charge in [0.25, 0.3) is 5.91 Å². The Kier molecular flexibility index (Phi) is 5.86. The molecular formula is C22H25N3O3. The monoisotopic (exact) mass is 379 g/mol. The van der Waals surface area contributed by atoms with Crippen LogP contribution in [0.2, 0.25) is 0 Å². The number of nitrogens with one attached hydrogen (secondary N) is 1. The van der Waals surface area contributed by atoms with Gasteiger partial charge in [0.05, 0.1) is 24.3 Å². The van der Waals surface area contributed by atoms with Crippen LogP contribution < -0.4 is 14.8 Å². The molecule has 1 aliphatic heterocycles. The minimum Gasteiger partial charge on any atom is -0.496 e. The normalized spacial score (nSPS) is 13.6. The zero-order valence-corrected chi connectivity index (χ0v) is 16.7. The first-order valence-corrected chi connectivity index (χ1v) is 9.32. The second-order valence-corrected chi connectivity index (χ2v) is 7.21. The summed E-state index contributed by atoms with van der Waals surface area (Å²) >= 11 is 0. The topological polar surface area (TPSA) is 74.6 Å². The number of nitrogens with zero attached hydrogens (tertiary/aromatic N) is 2. The van der Waals surface area contributed by atoms with Crippen LogP contribution in [-0.4, -0.2) is 37.6 Å². The first kappa shape index (κ1) is 19.7. The number of nitriles is 1. The van der Waals surface area contributed by atoms with Gasteiger partial charge in [-0.1, -0.05) is 12.1 Å². The number of amides is 1. The molecule has 1 heterocycles. The number of anilines is 1. The number of carbonyl (C=O) groups is 1. The third-order valence-electron chi connectivity index (χ3n) is 4.73. The van der Waals surface area contributed by atoms with Crippen molar-refractivity contribution in [2.75, 3.05) is 26.0 Å². The molecule has 0 aromatic heterocycles. The second kappa shape index (κ2) is 8.32. The molecule has 2 aromatic carbocycles. The molecule has 1 N–H and O–H groups in total. The highest BCUT2D eigenvalue weighted by atomic mass is 16.5. The van der Waals surface area contributed by atoms with Gasteiger partial charge >= 0.3 is 0 Å². The van der Waals surface area contributed by atoms with Gasteiger partial charge in [-0.2, -0.15) is 5.26 Å². The van der Waals surface area contributed by atoms with Crippen molar-refractivity contribution in [1.82, 2.24) is 4.90 Å². The van der Waals surface area contributed by atoms with Gasteiger partial charge in [0.15, 0.2) is 0 Å². The van der Waals surface area contributed by atoms with Crippen LogP contribution in [0.4, 0.5) is 5.69 Å². The van der Waals surface area contributed by atoms with Gasteiger partial charge in [-0.3, -0.25) is 4.79 Å². The highest BCUT2D eigenvalue weighted by molar-refractivity contribution is 6.07. The number of benzene rings is 2. The maximum absolute atomic E-state index is 13.0. The number of methoxy groups -OCH3 is 1. The molecule has 1 amide bonds. The highest BCUT2D eigenvalue weighted by Crippen LogP contribution is 2.31. The van der Waals surface area contributed by atoms with Crippen LogP contribution in [0.3, 0.4) is 0 Å². The standard InChI is InChI=1S/C22H25N3O3/c1-14(2)28-20-11-21(27-4)18(10-16(20)12-23)22(26)24-19-7-5-6-15-13-25(3)9-8-17(15)19/h5-7,10-11,14H,8-9,13H2,1-4H3,(H,24,26). The molecule has 0 bridgehead atoms. The fourth-order valence-electron chi connectivity index (χ4n) is 3.40. The van der Waals surface area contributed by atoms with Crippen LogP contribution in [0.5, 0.6) is 11.5 Å². The molecule has 6 nitrogen and oxygen atoms in total. The maximum atomic E-state index is 13.0. The molecule has 0 unspecified atom stereocenters. The molecule has 0 saturated heterocycles. The molecule has 0 aliphatic carbocycles. The van der Waals surface area contributed by atoms with Crippen LogP contribution in [0.1, 0.15) is 40.9 Å². The average molecular weight is 379 g/mol. The van der Waals surface area contributed by atoms with Gasteiger partial charge in [0.2, 0.25) is 0 Å². The summed E-state index contributed by atoms with van der Waals surface area (Å²) in [6, 6.07) is 11.2. The number of likely N-dealkylation sites (N-methyl/N-ethyl adjacent to an activating group) is 1. The third kappa shape index (κ3) is 4.10. The SMILES string of the molecule is COc1cc(OC(C)C)c(C#N)cc1C(=O)Nc1cccc2c1CCN(C)C2. The first-order valence-electron chi connectivity index (χ1n) is 9.32. The lowest BCUT2D eigenvalue weighted by Crippen LogP contribution is -2.27. The van der Waals surface area contributed by atoms with Crippen LogP contribution >= 0.6 is 0 Å². The number of rotatable bonds is 5. The minimum absolute atomic E-state index is 0.0922. The smallest absolute Gasteiger partial charge is 0.259 e. The number of fused-ring (bicyclic) bond motifs is 1. The Morgan fingerprint density at radius 1 is 1.29 bits per heavy atom. The summed E-state index contributed by atoms with van der Waals surface area (Å²) in [5.74, 6) is 0.472. The summed E-state index contributed by atoms with van der Waals surface area (Å²) in [7, 11) is 3.58. The van der Waals surface area contributed by atoms with Crippen LogP contribution in [-0.2, 0) is 13.0 Å². The van der Waals surface area contributed by atoms with Gasteiger partial charge in [-0.05, 0) is 50.6 Å². The molecule has 0 saturated carbocycles.